The van der Waals surface area contributed by atoms with E-state index in [9.17, 15) is 9.59 Å². The number of anilines is 2. The van der Waals surface area contributed by atoms with Gasteiger partial charge in [0.25, 0.3) is 0 Å². The number of carbonyl (C=O) groups is 2. The van der Waals surface area contributed by atoms with Gasteiger partial charge in [-0.15, -0.1) is 0 Å². The van der Waals surface area contributed by atoms with Crippen molar-refractivity contribution in [3.63, 3.8) is 0 Å². The van der Waals surface area contributed by atoms with E-state index in [1.165, 1.54) is 18.5 Å². The second-order valence-electron chi connectivity index (χ2n) is 7.59. The van der Waals surface area contributed by atoms with Gasteiger partial charge in [-0.25, -0.2) is 0 Å². The molecule has 1 heterocycles. The molecule has 146 valence electrons. The quantitative estimate of drug-likeness (QED) is 0.725. The Morgan fingerprint density at radius 3 is 2.18 bits per heavy atom. The Morgan fingerprint density at radius 2 is 1.57 bits per heavy atom. The highest BCUT2D eigenvalue weighted by atomic mass is 35.5. The molecule has 1 saturated heterocycles. The van der Waals surface area contributed by atoms with Gasteiger partial charge < -0.3 is 15.5 Å². The second-order valence-corrected chi connectivity index (χ2v) is 8.02. The van der Waals surface area contributed by atoms with Crippen LogP contribution in [0.4, 0.5) is 11.4 Å². The van der Waals surface area contributed by atoms with Crippen molar-refractivity contribution in [2.75, 3.05) is 23.3 Å². The van der Waals surface area contributed by atoms with Crippen LogP contribution in [0, 0.1) is 5.41 Å². The number of carbonyl (C=O) groups excluding carboxylic acids is 2. The van der Waals surface area contributed by atoms with Gasteiger partial charge in [0.2, 0.25) is 11.8 Å². The molecule has 2 amide bonds. The largest absolute Gasteiger partial charge is 0.372 e. The molecule has 2 aromatic rings. The van der Waals surface area contributed by atoms with Crippen LogP contribution in [0.3, 0.4) is 0 Å². The highest BCUT2D eigenvalue weighted by Gasteiger charge is 2.56. The van der Waals surface area contributed by atoms with E-state index < -0.39 is 5.41 Å². The molecule has 2 N–H and O–H groups in total. The first kappa shape index (κ1) is 18.8. The van der Waals surface area contributed by atoms with Gasteiger partial charge in [-0.2, -0.15) is 0 Å². The molecule has 0 atom stereocenters. The van der Waals surface area contributed by atoms with Crippen LogP contribution >= 0.6 is 11.6 Å². The van der Waals surface area contributed by atoms with Crippen molar-refractivity contribution in [1.29, 1.82) is 0 Å². The van der Waals surface area contributed by atoms with Crippen LogP contribution < -0.4 is 15.5 Å². The van der Waals surface area contributed by atoms with Crippen LogP contribution in [0.5, 0.6) is 0 Å². The molecule has 28 heavy (non-hydrogen) atoms. The molecule has 0 radical (unpaired) electrons. The van der Waals surface area contributed by atoms with Gasteiger partial charge in [-0.1, -0.05) is 23.7 Å². The average Bonchev–Trinajstić information content (AvgIpc) is 3.35. The van der Waals surface area contributed by atoms with Crippen LogP contribution in [0.15, 0.2) is 48.5 Å². The van der Waals surface area contributed by atoms with E-state index in [4.69, 9.17) is 11.6 Å². The molecule has 5 nitrogen and oxygen atoms in total. The molecule has 1 saturated carbocycles. The predicted molar refractivity (Wildman–Crippen MR) is 111 cm³/mol. The fourth-order valence-corrected chi connectivity index (χ4v) is 3.74. The number of benzene rings is 2. The molecule has 0 spiro atoms. The van der Waals surface area contributed by atoms with E-state index in [2.05, 4.69) is 15.5 Å². The lowest BCUT2D eigenvalue weighted by atomic mass is 10.0. The lowest BCUT2D eigenvalue weighted by Gasteiger charge is -2.19. The molecular weight excluding hydrogens is 374 g/mol. The van der Waals surface area contributed by atoms with Crippen molar-refractivity contribution in [2.45, 2.75) is 32.2 Å². The maximum absolute atomic E-state index is 12.7. The third-order valence-corrected chi connectivity index (χ3v) is 5.83. The number of hydrogen-bond acceptors (Lipinski definition) is 3. The number of rotatable bonds is 6. The topological polar surface area (TPSA) is 61.4 Å². The van der Waals surface area contributed by atoms with E-state index >= 15 is 0 Å². The molecular formula is C22H24ClN3O2. The Hall–Kier alpha value is -2.53. The highest BCUT2D eigenvalue weighted by Crippen LogP contribution is 2.47. The van der Waals surface area contributed by atoms with E-state index in [1.807, 2.05) is 36.4 Å². The molecule has 2 aromatic carbocycles. The van der Waals surface area contributed by atoms with Crippen molar-refractivity contribution in [3.8, 4) is 0 Å². The third kappa shape index (κ3) is 3.99. The van der Waals surface area contributed by atoms with Crippen molar-refractivity contribution in [1.82, 2.24) is 5.32 Å². The first-order chi connectivity index (χ1) is 13.6. The van der Waals surface area contributed by atoms with Crippen LogP contribution in [-0.4, -0.2) is 24.9 Å². The maximum atomic E-state index is 12.7. The molecule has 1 aliphatic carbocycles. The maximum Gasteiger partial charge on any atom is 0.240 e. The minimum Gasteiger partial charge on any atom is -0.372 e. The number of hydrogen-bond donors (Lipinski definition) is 2. The molecule has 4 rings (SSSR count). The zero-order chi connectivity index (χ0) is 19.6. The zero-order valence-corrected chi connectivity index (χ0v) is 16.5. The summed E-state index contributed by atoms with van der Waals surface area (Å²) < 4.78 is 0. The van der Waals surface area contributed by atoms with Gasteiger partial charge in [-0.3, -0.25) is 9.59 Å². The van der Waals surface area contributed by atoms with E-state index in [-0.39, 0.29) is 11.8 Å². The molecule has 0 bridgehead atoms. The fourth-order valence-electron chi connectivity index (χ4n) is 3.62. The van der Waals surface area contributed by atoms with Crippen molar-refractivity contribution >= 4 is 34.8 Å². The minimum absolute atomic E-state index is 0.214. The summed E-state index contributed by atoms with van der Waals surface area (Å²) in [5.74, 6) is -0.441. The lowest BCUT2D eigenvalue weighted by molar-refractivity contribution is -0.134. The van der Waals surface area contributed by atoms with Crippen LogP contribution in [-0.2, 0) is 16.1 Å². The summed E-state index contributed by atoms with van der Waals surface area (Å²) in [4.78, 5) is 27.7. The smallest absolute Gasteiger partial charge is 0.240 e. The molecule has 0 unspecified atom stereocenters. The summed E-state index contributed by atoms with van der Waals surface area (Å²) >= 11 is 5.88. The third-order valence-electron chi connectivity index (χ3n) is 5.58. The van der Waals surface area contributed by atoms with Gasteiger partial charge in [0.15, 0.2) is 0 Å². The number of amides is 2. The molecule has 0 aromatic heterocycles. The van der Waals surface area contributed by atoms with Gasteiger partial charge in [0.05, 0.1) is 0 Å². The summed E-state index contributed by atoms with van der Waals surface area (Å²) in [7, 11) is 0. The summed E-state index contributed by atoms with van der Waals surface area (Å²) in [6.07, 6.45) is 3.62. The molecule has 2 aliphatic rings. The lowest BCUT2D eigenvalue weighted by Crippen LogP contribution is -2.39. The second kappa shape index (κ2) is 7.84. The molecule has 1 aliphatic heterocycles. The van der Waals surface area contributed by atoms with Gasteiger partial charge in [0, 0.05) is 36.0 Å². The van der Waals surface area contributed by atoms with Gasteiger partial charge >= 0.3 is 0 Å². The Balaban J connectivity index is 1.34. The van der Waals surface area contributed by atoms with Crippen molar-refractivity contribution in [2.24, 2.45) is 5.41 Å². The van der Waals surface area contributed by atoms with Gasteiger partial charge in [0.1, 0.15) is 5.41 Å². The predicted octanol–water partition coefficient (Wildman–Crippen LogP) is 3.98. The summed E-state index contributed by atoms with van der Waals surface area (Å²) in [6, 6.07) is 15.2. The Morgan fingerprint density at radius 1 is 0.929 bits per heavy atom. The Kier molecular flexibility index (Phi) is 5.27. The molecule has 2 fully saturated rings. The van der Waals surface area contributed by atoms with Gasteiger partial charge in [-0.05, 0) is 67.6 Å². The monoisotopic (exact) mass is 397 g/mol. The normalized spacial score (nSPS) is 17.2. The van der Waals surface area contributed by atoms with Crippen molar-refractivity contribution < 1.29 is 9.59 Å². The standard InChI is InChI=1S/C22H24ClN3O2/c23-17-5-3-16(4-6-17)15-24-20(27)22(11-12-22)21(28)25-18-7-9-19(10-8-18)26-13-1-2-14-26/h3-10H,1-2,11-15H2,(H,24,27)(H,25,28). The number of nitrogens with zero attached hydrogens (tertiary/aromatic N) is 1. The Bertz CT molecular complexity index is 854. The molecule has 6 heteroatoms. The fraction of sp³-hybridized carbons (Fsp3) is 0.364. The summed E-state index contributed by atoms with van der Waals surface area (Å²) in [6.45, 7) is 2.56. The first-order valence-corrected chi connectivity index (χ1v) is 10.1. The van der Waals surface area contributed by atoms with Crippen LogP contribution in [0.25, 0.3) is 0 Å². The minimum atomic E-state index is -0.944. The van der Waals surface area contributed by atoms with E-state index in [0.717, 1.165) is 24.3 Å². The van der Waals surface area contributed by atoms with E-state index in [0.29, 0.717) is 24.4 Å². The summed E-state index contributed by atoms with van der Waals surface area (Å²) in [5, 5.41) is 6.45. The number of halogens is 1. The number of nitrogens with one attached hydrogen (secondary N) is 2. The Labute approximate surface area is 170 Å². The van der Waals surface area contributed by atoms with Crippen LogP contribution in [0.1, 0.15) is 31.2 Å². The summed E-state index contributed by atoms with van der Waals surface area (Å²) in [5.41, 5.74) is 1.91. The van der Waals surface area contributed by atoms with E-state index in [1.54, 1.807) is 12.1 Å². The average molecular weight is 398 g/mol. The van der Waals surface area contributed by atoms with Crippen molar-refractivity contribution in [3.05, 3.63) is 59.1 Å². The zero-order valence-electron chi connectivity index (χ0n) is 15.7. The first-order valence-electron chi connectivity index (χ1n) is 9.76. The highest BCUT2D eigenvalue weighted by molar-refractivity contribution is 6.30. The SMILES string of the molecule is O=C(NCc1ccc(Cl)cc1)C1(C(=O)Nc2ccc(N3CCCC3)cc2)CC1. The van der Waals surface area contributed by atoms with Crippen LogP contribution in [0.2, 0.25) is 5.02 Å².